The van der Waals surface area contributed by atoms with Crippen LogP contribution in [0, 0.1) is 0 Å². The molecule has 1 aromatic heterocycles. The monoisotopic (exact) mass is 272 g/mol. The molecule has 0 aliphatic carbocycles. The van der Waals surface area contributed by atoms with Crippen LogP contribution in [0.4, 0.5) is 0 Å². The maximum atomic E-state index is 5.60. The smallest absolute Gasteiger partial charge is 0.119 e. The van der Waals surface area contributed by atoms with Crippen LogP contribution in [-0.2, 0) is 6.42 Å². The van der Waals surface area contributed by atoms with Crippen molar-refractivity contribution in [1.82, 2.24) is 0 Å². The lowest BCUT2D eigenvalue weighted by Crippen LogP contribution is -1.92. The molecule has 0 aliphatic rings. The zero-order valence-corrected chi connectivity index (χ0v) is 12.4. The minimum absolute atomic E-state index is 0.634. The molecule has 0 saturated heterocycles. The van der Waals surface area contributed by atoms with E-state index in [1.807, 2.05) is 42.5 Å². The summed E-state index contributed by atoms with van der Waals surface area (Å²) in [5.41, 5.74) is 1.27. The van der Waals surface area contributed by atoms with Gasteiger partial charge >= 0.3 is 0 Å². The highest BCUT2D eigenvalue weighted by Crippen LogP contribution is 2.30. The van der Waals surface area contributed by atoms with Gasteiger partial charge in [0.1, 0.15) is 12.4 Å². The van der Waals surface area contributed by atoms with E-state index in [4.69, 9.17) is 4.74 Å². The molecule has 0 aliphatic heterocycles. The van der Waals surface area contributed by atoms with Crippen LogP contribution in [0.25, 0.3) is 10.4 Å². The van der Waals surface area contributed by atoms with Crippen molar-refractivity contribution in [3.8, 4) is 16.2 Å². The quantitative estimate of drug-likeness (QED) is 0.646. The first kappa shape index (κ1) is 13.9. The van der Waals surface area contributed by atoms with Gasteiger partial charge < -0.3 is 4.74 Å². The molecule has 0 unspecified atom stereocenters. The minimum atomic E-state index is 0.634. The Morgan fingerprint density at radius 1 is 1.11 bits per heavy atom. The number of thiophene rings is 1. The first-order chi connectivity index (χ1) is 9.33. The lowest BCUT2D eigenvalue weighted by Gasteiger charge is -2.04. The summed E-state index contributed by atoms with van der Waals surface area (Å²) in [6.07, 6.45) is 6.38. The first-order valence-corrected chi connectivity index (χ1v) is 7.58. The summed E-state index contributed by atoms with van der Waals surface area (Å²) in [6, 6.07) is 12.8. The molecule has 19 heavy (non-hydrogen) atoms. The third-order valence-corrected chi connectivity index (χ3v) is 4.07. The van der Waals surface area contributed by atoms with E-state index in [0.29, 0.717) is 6.61 Å². The van der Waals surface area contributed by atoms with Gasteiger partial charge in [0, 0.05) is 9.75 Å². The molecular weight excluding hydrogens is 252 g/mol. The zero-order chi connectivity index (χ0) is 13.5. The van der Waals surface area contributed by atoms with Gasteiger partial charge in [0.2, 0.25) is 0 Å². The van der Waals surface area contributed by atoms with E-state index in [2.05, 4.69) is 31.2 Å². The second-order valence-corrected chi connectivity index (χ2v) is 5.59. The molecule has 1 nitrogen and oxygen atoms in total. The van der Waals surface area contributed by atoms with E-state index in [-0.39, 0.29) is 0 Å². The fourth-order valence-electron chi connectivity index (χ4n) is 1.87. The van der Waals surface area contributed by atoms with E-state index in [1.54, 1.807) is 0 Å². The van der Waals surface area contributed by atoms with Crippen LogP contribution < -0.4 is 4.74 Å². The average Bonchev–Trinajstić information content (AvgIpc) is 2.89. The van der Waals surface area contributed by atoms with Gasteiger partial charge in [-0.2, -0.15) is 0 Å². The average molecular weight is 272 g/mol. The van der Waals surface area contributed by atoms with Gasteiger partial charge in [0.15, 0.2) is 0 Å². The molecule has 1 aromatic carbocycles. The molecule has 100 valence electrons. The van der Waals surface area contributed by atoms with E-state index in [9.17, 15) is 0 Å². The summed E-state index contributed by atoms with van der Waals surface area (Å²) < 4.78 is 5.60. The van der Waals surface area contributed by atoms with Gasteiger partial charge in [-0.25, -0.2) is 0 Å². The van der Waals surface area contributed by atoms with Crippen molar-refractivity contribution in [2.24, 2.45) is 0 Å². The predicted octanol–water partition coefficient (Wildman–Crippen LogP) is 5.32. The number of aryl methyl sites for hydroxylation is 1. The van der Waals surface area contributed by atoms with Gasteiger partial charge in [0.25, 0.3) is 0 Å². The standard InChI is InChI=1S/C17H20OS/c1-3-5-13-18-15-9-7-14(8-10-15)17-12-11-16(19-17)6-4-2/h3,5,7-12H,4,6,13H2,1-2H3. The highest BCUT2D eigenvalue weighted by Gasteiger charge is 2.02. The van der Waals surface area contributed by atoms with Crippen LogP contribution >= 0.6 is 11.3 Å². The summed E-state index contributed by atoms with van der Waals surface area (Å²) >= 11 is 1.89. The molecule has 0 atom stereocenters. The van der Waals surface area contributed by atoms with E-state index < -0.39 is 0 Å². The van der Waals surface area contributed by atoms with Crippen molar-refractivity contribution in [2.75, 3.05) is 6.61 Å². The highest BCUT2D eigenvalue weighted by atomic mass is 32.1. The van der Waals surface area contributed by atoms with Crippen molar-refractivity contribution in [3.63, 3.8) is 0 Å². The van der Waals surface area contributed by atoms with E-state index in [0.717, 1.165) is 5.75 Å². The molecule has 0 saturated carbocycles. The highest BCUT2D eigenvalue weighted by molar-refractivity contribution is 7.15. The Morgan fingerprint density at radius 3 is 2.58 bits per heavy atom. The Balaban J connectivity index is 2.04. The van der Waals surface area contributed by atoms with Crippen molar-refractivity contribution >= 4 is 11.3 Å². The normalized spacial score (nSPS) is 11.1. The molecule has 2 rings (SSSR count). The third-order valence-electron chi connectivity index (χ3n) is 2.88. The SMILES string of the molecule is CC=CCOc1ccc(-c2ccc(CCC)s2)cc1. The second kappa shape index (κ2) is 7.15. The van der Waals surface area contributed by atoms with Crippen LogP contribution in [0.1, 0.15) is 25.1 Å². The van der Waals surface area contributed by atoms with Crippen LogP contribution in [0.2, 0.25) is 0 Å². The topological polar surface area (TPSA) is 9.23 Å². The van der Waals surface area contributed by atoms with Crippen molar-refractivity contribution < 1.29 is 4.74 Å². The Labute approximate surface area is 119 Å². The fraction of sp³-hybridized carbons (Fsp3) is 0.294. The molecular formula is C17H20OS. The molecule has 0 amide bonds. The molecule has 2 heteroatoms. The number of benzene rings is 1. The van der Waals surface area contributed by atoms with Crippen molar-refractivity contribution in [1.29, 1.82) is 0 Å². The minimum Gasteiger partial charge on any atom is -0.490 e. The zero-order valence-electron chi connectivity index (χ0n) is 11.6. The first-order valence-electron chi connectivity index (χ1n) is 6.76. The number of allylic oxidation sites excluding steroid dienone is 1. The van der Waals surface area contributed by atoms with Crippen LogP contribution in [-0.4, -0.2) is 6.61 Å². The summed E-state index contributed by atoms with van der Waals surface area (Å²) in [6.45, 7) is 4.85. The van der Waals surface area contributed by atoms with Gasteiger partial charge in [-0.1, -0.05) is 25.5 Å². The largest absolute Gasteiger partial charge is 0.490 e. The summed E-state index contributed by atoms with van der Waals surface area (Å²) in [4.78, 5) is 2.80. The summed E-state index contributed by atoms with van der Waals surface area (Å²) in [5, 5.41) is 0. The third kappa shape index (κ3) is 3.97. The van der Waals surface area contributed by atoms with Gasteiger partial charge in [-0.15, -0.1) is 11.3 Å². The molecule has 0 N–H and O–H groups in total. The van der Waals surface area contributed by atoms with E-state index in [1.165, 1.54) is 28.2 Å². The lowest BCUT2D eigenvalue weighted by atomic mass is 10.2. The Hall–Kier alpha value is -1.54. The molecule has 2 aromatic rings. The van der Waals surface area contributed by atoms with Crippen molar-refractivity contribution in [2.45, 2.75) is 26.7 Å². The number of rotatable bonds is 6. The number of hydrogen-bond acceptors (Lipinski definition) is 2. The summed E-state index contributed by atoms with van der Waals surface area (Å²) in [5.74, 6) is 0.923. The molecule has 0 fully saturated rings. The Morgan fingerprint density at radius 2 is 1.89 bits per heavy atom. The molecule has 0 bridgehead atoms. The van der Waals surface area contributed by atoms with Crippen molar-refractivity contribution in [3.05, 3.63) is 53.4 Å². The lowest BCUT2D eigenvalue weighted by molar-refractivity contribution is 0.363. The maximum Gasteiger partial charge on any atom is 0.119 e. The molecule has 1 heterocycles. The van der Waals surface area contributed by atoms with E-state index >= 15 is 0 Å². The maximum absolute atomic E-state index is 5.60. The van der Waals surface area contributed by atoms with Gasteiger partial charge in [-0.3, -0.25) is 0 Å². The fourth-order valence-corrected chi connectivity index (χ4v) is 2.98. The van der Waals surface area contributed by atoms with Crippen LogP contribution in [0.15, 0.2) is 48.6 Å². The Kier molecular flexibility index (Phi) is 5.22. The molecule has 0 radical (unpaired) electrons. The van der Waals surface area contributed by atoms with Crippen LogP contribution in [0.3, 0.4) is 0 Å². The summed E-state index contributed by atoms with van der Waals surface area (Å²) in [7, 11) is 0. The molecule has 0 spiro atoms. The second-order valence-electron chi connectivity index (χ2n) is 4.42. The number of hydrogen-bond donors (Lipinski definition) is 0. The van der Waals surface area contributed by atoms with Gasteiger partial charge in [-0.05, 0) is 55.3 Å². The van der Waals surface area contributed by atoms with Gasteiger partial charge in [0.05, 0.1) is 0 Å². The number of ether oxygens (including phenoxy) is 1. The predicted molar refractivity (Wildman–Crippen MR) is 84.1 cm³/mol. The Bertz CT molecular complexity index is 522. The van der Waals surface area contributed by atoms with Crippen LogP contribution in [0.5, 0.6) is 5.75 Å².